The predicted octanol–water partition coefficient (Wildman–Crippen LogP) is 3.48. The van der Waals surface area contributed by atoms with E-state index in [2.05, 4.69) is 32.2 Å². The number of nitriles is 1. The summed E-state index contributed by atoms with van der Waals surface area (Å²) < 4.78 is 0. The molecule has 92 valence electrons. The molecule has 0 heterocycles. The van der Waals surface area contributed by atoms with Gasteiger partial charge >= 0.3 is 0 Å². The summed E-state index contributed by atoms with van der Waals surface area (Å²) in [6.07, 6.45) is 7.11. The Morgan fingerprint density at radius 2 is 2.00 bits per heavy atom. The van der Waals surface area contributed by atoms with Crippen LogP contribution < -0.4 is 5.32 Å². The Morgan fingerprint density at radius 3 is 2.56 bits per heavy atom. The minimum Gasteiger partial charge on any atom is -0.310 e. The van der Waals surface area contributed by atoms with E-state index in [9.17, 15) is 0 Å². The smallest absolute Gasteiger partial charge is 0.0638 e. The first-order valence-electron chi connectivity index (χ1n) is 6.82. The Labute approximate surface area is 100 Å². The van der Waals surface area contributed by atoms with Crippen molar-refractivity contribution in [2.75, 3.05) is 0 Å². The summed E-state index contributed by atoms with van der Waals surface area (Å²) in [4.78, 5) is 0. The fraction of sp³-hybridized carbons (Fsp3) is 0.929. The summed E-state index contributed by atoms with van der Waals surface area (Å²) in [7, 11) is 0. The second-order valence-electron chi connectivity index (χ2n) is 5.43. The van der Waals surface area contributed by atoms with Gasteiger partial charge in [-0.1, -0.05) is 33.6 Å². The van der Waals surface area contributed by atoms with E-state index in [1.165, 1.54) is 25.7 Å². The zero-order chi connectivity index (χ0) is 12.0. The molecule has 1 aliphatic rings. The molecule has 3 atom stereocenters. The summed E-state index contributed by atoms with van der Waals surface area (Å²) in [6.45, 7) is 6.83. The first kappa shape index (κ1) is 13.5. The second-order valence-corrected chi connectivity index (χ2v) is 5.43. The number of nitrogens with zero attached hydrogens (tertiary/aromatic N) is 1. The first-order chi connectivity index (χ1) is 7.69. The third kappa shape index (κ3) is 3.79. The van der Waals surface area contributed by atoms with Gasteiger partial charge in [-0.25, -0.2) is 0 Å². The average Bonchev–Trinajstić information content (AvgIpc) is 2.29. The molecule has 2 heteroatoms. The third-order valence-corrected chi connectivity index (χ3v) is 3.96. The maximum atomic E-state index is 8.78. The fourth-order valence-corrected chi connectivity index (χ4v) is 2.90. The molecule has 1 fully saturated rings. The third-order valence-electron chi connectivity index (χ3n) is 3.96. The van der Waals surface area contributed by atoms with Crippen LogP contribution in [0.5, 0.6) is 0 Å². The SMILES string of the molecule is CCC(CC#N)NC1CCCCC1C(C)C. The predicted molar refractivity (Wildman–Crippen MR) is 68.0 cm³/mol. The Hall–Kier alpha value is -0.550. The summed E-state index contributed by atoms with van der Waals surface area (Å²) in [6, 6.07) is 3.33. The van der Waals surface area contributed by atoms with Gasteiger partial charge in [-0.05, 0) is 31.1 Å². The van der Waals surface area contributed by atoms with Crippen LogP contribution in [0.15, 0.2) is 0 Å². The van der Waals surface area contributed by atoms with E-state index in [-0.39, 0.29) is 0 Å². The Bertz CT molecular complexity index is 229. The summed E-state index contributed by atoms with van der Waals surface area (Å²) >= 11 is 0. The molecule has 0 aromatic heterocycles. The molecule has 0 aromatic carbocycles. The van der Waals surface area contributed by atoms with E-state index < -0.39 is 0 Å². The van der Waals surface area contributed by atoms with Crippen molar-refractivity contribution in [3.63, 3.8) is 0 Å². The molecular weight excluding hydrogens is 196 g/mol. The van der Waals surface area contributed by atoms with Crippen LogP contribution in [0.25, 0.3) is 0 Å². The monoisotopic (exact) mass is 222 g/mol. The number of hydrogen-bond donors (Lipinski definition) is 1. The normalized spacial score (nSPS) is 27.7. The van der Waals surface area contributed by atoms with Gasteiger partial charge in [-0.15, -0.1) is 0 Å². The Morgan fingerprint density at radius 1 is 1.31 bits per heavy atom. The van der Waals surface area contributed by atoms with E-state index >= 15 is 0 Å². The lowest BCUT2D eigenvalue weighted by atomic mass is 9.77. The van der Waals surface area contributed by atoms with Gasteiger partial charge in [0.25, 0.3) is 0 Å². The van der Waals surface area contributed by atoms with Crippen LogP contribution in [0.3, 0.4) is 0 Å². The molecule has 0 amide bonds. The lowest BCUT2D eigenvalue weighted by molar-refractivity contribution is 0.191. The summed E-state index contributed by atoms with van der Waals surface area (Å²) in [5, 5.41) is 12.5. The van der Waals surface area contributed by atoms with E-state index in [0.717, 1.165) is 18.3 Å². The van der Waals surface area contributed by atoms with Crippen molar-refractivity contribution >= 4 is 0 Å². The van der Waals surface area contributed by atoms with Gasteiger partial charge in [0, 0.05) is 12.1 Å². The molecular formula is C14H26N2. The van der Waals surface area contributed by atoms with E-state index in [0.29, 0.717) is 18.5 Å². The largest absolute Gasteiger partial charge is 0.310 e. The molecule has 0 spiro atoms. The van der Waals surface area contributed by atoms with E-state index in [4.69, 9.17) is 5.26 Å². The molecule has 0 saturated heterocycles. The van der Waals surface area contributed by atoms with Gasteiger partial charge in [-0.3, -0.25) is 0 Å². The minimum absolute atomic E-state index is 0.398. The topological polar surface area (TPSA) is 35.8 Å². The van der Waals surface area contributed by atoms with Crippen molar-refractivity contribution < 1.29 is 0 Å². The minimum atomic E-state index is 0.398. The number of rotatable bonds is 5. The summed E-state index contributed by atoms with van der Waals surface area (Å²) in [5.74, 6) is 1.57. The molecule has 1 rings (SSSR count). The van der Waals surface area contributed by atoms with Crippen LogP contribution in [-0.2, 0) is 0 Å². The standard InChI is InChI=1S/C14H26N2/c1-4-12(9-10-15)16-14-8-6-5-7-13(14)11(2)3/h11-14,16H,4-9H2,1-3H3. The molecule has 3 unspecified atom stereocenters. The van der Waals surface area contributed by atoms with Crippen LogP contribution in [0.4, 0.5) is 0 Å². The second kappa shape index (κ2) is 6.91. The van der Waals surface area contributed by atoms with Crippen molar-refractivity contribution in [3.05, 3.63) is 0 Å². The molecule has 1 aliphatic carbocycles. The molecule has 0 bridgehead atoms. The highest BCUT2D eigenvalue weighted by Gasteiger charge is 2.28. The maximum absolute atomic E-state index is 8.78. The molecule has 0 radical (unpaired) electrons. The number of nitrogens with one attached hydrogen (secondary N) is 1. The van der Waals surface area contributed by atoms with E-state index in [1.807, 2.05) is 0 Å². The van der Waals surface area contributed by atoms with Crippen LogP contribution in [0.2, 0.25) is 0 Å². The van der Waals surface area contributed by atoms with Gasteiger partial charge in [-0.2, -0.15) is 5.26 Å². The Kier molecular flexibility index (Phi) is 5.84. The molecule has 2 nitrogen and oxygen atoms in total. The van der Waals surface area contributed by atoms with Crippen molar-refractivity contribution in [3.8, 4) is 6.07 Å². The molecule has 16 heavy (non-hydrogen) atoms. The van der Waals surface area contributed by atoms with Gasteiger partial charge in [0.2, 0.25) is 0 Å². The molecule has 1 N–H and O–H groups in total. The van der Waals surface area contributed by atoms with Gasteiger partial charge in [0.15, 0.2) is 0 Å². The molecule has 1 saturated carbocycles. The van der Waals surface area contributed by atoms with Crippen molar-refractivity contribution in [1.82, 2.24) is 5.32 Å². The van der Waals surface area contributed by atoms with Crippen LogP contribution >= 0.6 is 0 Å². The highest BCUT2D eigenvalue weighted by Crippen LogP contribution is 2.30. The number of hydrogen-bond acceptors (Lipinski definition) is 2. The van der Waals surface area contributed by atoms with Crippen molar-refractivity contribution in [1.29, 1.82) is 5.26 Å². The lowest BCUT2D eigenvalue weighted by Gasteiger charge is -2.37. The van der Waals surface area contributed by atoms with Crippen LogP contribution in [0, 0.1) is 23.2 Å². The highest BCUT2D eigenvalue weighted by molar-refractivity contribution is 4.88. The maximum Gasteiger partial charge on any atom is 0.0638 e. The average molecular weight is 222 g/mol. The summed E-state index contributed by atoms with van der Waals surface area (Å²) in [5.41, 5.74) is 0. The van der Waals surface area contributed by atoms with Crippen molar-refractivity contribution in [2.45, 2.75) is 71.4 Å². The van der Waals surface area contributed by atoms with Gasteiger partial charge in [0.1, 0.15) is 0 Å². The Balaban J connectivity index is 2.51. The van der Waals surface area contributed by atoms with E-state index in [1.54, 1.807) is 0 Å². The van der Waals surface area contributed by atoms with Crippen molar-refractivity contribution in [2.24, 2.45) is 11.8 Å². The van der Waals surface area contributed by atoms with Crippen LogP contribution in [0.1, 0.15) is 59.3 Å². The first-order valence-corrected chi connectivity index (χ1v) is 6.82. The van der Waals surface area contributed by atoms with Crippen LogP contribution in [-0.4, -0.2) is 12.1 Å². The quantitative estimate of drug-likeness (QED) is 0.773. The lowest BCUT2D eigenvalue weighted by Crippen LogP contribution is -2.45. The fourth-order valence-electron chi connectivity index (χ4n) is 2.90. The molecule has 0 aliphatic heterocycles. The zero-order valence-electron chi connectivity index (χ0n) is 11.0. The zero-order valence-corrected chi connectivity index (χ0v) is 11.0. The van der Waals surface area contributed by atoms with Gasteiger partial charge in [0.05, 0.1) is 12.5 Å². The highest BCUT2D eigenvalue weighted by atomic mass is 15.0. The van der Waals surface area contributed by atoms with Gasteiger partial charge < -0.3 is 5.32 Å². The molecule has 0 aromatic rings.